The average molecular weight is 298 g/mol. The number of halogens is 1. The fourth-order valence-corrected chi connectivity index (χ4v) is 1.94. The first-order valence-electron chi connectivity index (χ1n) is 7.29. The van der Waals surface area contributed by atoms with E-state index in [4.69, 9.17) is 14.6 Å². The van der Waals surface area contributed by atoms with E-state index in [2.05, 4.69) is 6.92 Å². The third-order valence-corrected chi connectivity index (χ3v) is 3.16. The van der Waals surface area contributed by atoms with Crippen molar-refractivity contribution < 1.29 is 23.8 Å². The van der Waals surface area contributed by atoms with E-state index in [9.17, 15) is 9.18 Å². The van der Waals surface area contributed by atoms with Crippen LogP contribution in [0.4, 0.5) is 4.39 Å². The van der Waals surface area contributed by atoms with Gasteiger partial charge in [0.2, 0.25) is 0 Å². The molecule has 0 bridgehead atoms. The molecule has 0 heterocycles. The van der Waals surface area contributed by atoms with Crippen molar-refractivity contribution >= 4 is 5.97 Å². The summed E-state index contributed by atoms with van der Waals surface area (Å²) in [5.74, 6) is -1.96. The van der Waals surface area contributed by atoms with Crippen molar-refractivity contribution in [1.29, 1.82) is 0 Å². The van der Waals surface area contributed by atoms with Crippen LogP contribution in [0, 0.1) is 5.82 Å². The third kappa shape index (κ3) is 5.71. The number of esters is 1. The Hall–Kier alpha value is -1.62. The minimum atomic E-state index is -0.843. The summed E-state index contributed by atoms with van der Waals surface area (Å²) in [6.07, 6.45) is 2.66. The first-order chi connectivity index (χ1) is 9.97. The van der Waals surface area contributed by atoms with Gasteiger partial charge in [0.05, 0.1) is 17.8 Å². The van der Waals surface area contributed by atoms with Crippen LogP contribution in [0.3, 0.4) is 0 Å². The van der Waals surface area contributed by atoms with E-state index >= 15 is 0 Å². The van der Waals surface area contributed by atoms with Crippen LogP contribution in [0.2, 0.25) is 0 Å². The molecular formula is C16H23FO4. The van der Waals surface area contributed by atoms with Crippen LogP contribution >= 0.6 is 0 Å². The molecule has 0 spiro atoms. The minimum absolute atomic E-state index is 0.0711. The largest absolute Gasteiger partial charge is 0.505 e. The lowest BCUT2D eigenvalue weighted by atomic mass is 10.2. The first kappa shape index (κ1) is 17.4. The summed E-state index contributed by atoms with van der Waals surface area (Å²) in [4.78, 5) is 11.8. The van der Waals surface area contributed by atoms with Gasteiger partial charge < -0.3 is 14.6 Å². The van der Waals surface area contributed by atoms with E-state index < -0.39 is 17.5 Å². The average Bonchev–Trinajstić information content (AvgIpc) is 2.46. The van der Waals surface area contributed by atoms with Crippen molar-refractivity contribution in [2.45, 2.75) is 52.2 Å². The Labute approximate surface area is 124 Å². The zero-order chi connectivity index (χ0) is 15.8. The highest BCUT2D eigenvalue weighted by atomic mass is 19.1. The second kappa shape index (κ2) is 8.62. The lowest BCUT2D eigenvalue weighted by molar-refractivity contribution is -0.0444. The molecule has 0 radical (unpaired) electrons. The molecule has 5 heteroatoms. The van der Waals surface area contributed by atoms with Crippen molar-refractivity contribution in [3.63, 3.8) is 0 Å². The van der Waals surface area contributed by atoms with Gasteiger partial charge in [0, 0.05) is 0 Å². The quantitative estimate of drug-likeness (QED) is 0.744. The van der Waals surface area contributed by atoms with Crippen molar-refractivity contribution in [3.05, 3.63) is 29.6 Å². The Bertz CT molecular complexity index is 462. The Balaban J connectivity index is 2.51. The molecule has 0 aromatic heterocycles. The number of aromatic hydroxyl groups is 1. The van der Waals surface area contributed by atoms with Crippen LogP contribution in [-0.2, 0) is 9.47 Å². The van der Waals surface area contributed by atoms with Gasteiger partial charge in [0.15, 0.2) is 11.6 Å². The lowest BCUT2D eigenvalue weighted by Crippen LogP contribution is -2.25. The van der Waals surface area contributed by atoms with E-state index in [0.717, 1.165) is 31.4 Å². The predicted octanol–water partition coefficient (Wildman–Crippen LogP) is 3.67. The van der Waals surface area contributed by atoms with Crippen molar-refractivity contribution in [2.24, 2.45) is 0 Å². The Morgan fingerprint density at radius 1 is 1.38 bits per heavy atom. The fourth-order valence-electron chi connectivity index (χ4n) is 1.94. The second-order valence-corrected chi connectivity index (χ2v) is 5.03. The summed E-state index contributed by atoms with van der Waals surface area (Å²) in [6.45, 7) is 6.16. The second-order valence-electron chi connectivity index (χ2n) is 5.03. The number of hydrogen-bond acceptors (Lipinski definition) is 4. The number of rotatable bonds is 8. The van der Waals surface area contributed by atoms with Crippen LogP contribution < -0.4 is 0 Å². The molecule has 0 amide bonds. The molecule has 1 aromatic rings. The van der Waals surface area contributed by atoms with Gasteiger partial charge in [-0.25, -0.2) is 9.18 Å². The molecule has 118 valence electrons. The number of carbonyl (C=O) groups excluding carboxylic acids is 1. The fraction of sp³-hybridized carbons (Fsp3) is 0.562. The monoisotopic (exact) mass is 298 g/mol. The molecule has 2 atom stereocenters. The highest BCUT2D eigenvalue weighted by molar-refractivity contribution is 5.89. The summed E-state index contributed by atoms with van der Waals surface area (Å²) in [7, 11) is 0. The zero-order valence-corrected chi connectivity index (χ0v) is 12.8. The van der Waals surface area contributed by atoms with Gasteiger partial charge in [0.25, 0.3) is 0 Å². The topological polar surface area (TPSA) is 55.8 Å². The summed E-state index contributed by atoms with van der Waals surface area (Å²) in [6, 6.07) is 3.41. The molecule has 1 unspecified atom stereocenters. The number of phenolic OH excluding ortho intramolecular Hbond substituents is 1. The molecule has 4 nitrogen and oxygen atoms in total. The molecule has 0 saturated carbocycles. The third-order valence-electron chi connectivity index (χ3n) is 3.16. The molecule has 0 aliphatic rings. The molecule has 0 aliphatic heterocycles. The Morgan fingerprint density at radius 3 is 2.67 bits per heavy atom. The van der Waals surface area contributed by atoms with Gasteiger partial charge in [-0.1, -0.05) is 20.3 Å². The van der Waals surface area contributed by atoms with Crippen molar-refractivity contribution in [3.8, 4) is 5.75 Å². The van der Waals surface area contributed by atoms with E-state index in [1.165, 1.54) is 6.07 Å². The van der Waals surface area contributed by atoms with Crippen molar-refractivity contribution in [2.75, 3.05) is 6.61 Å². The number of ether oxygens (including phenoxy) is 2. The first-order valence-corrected chi connectivity index (χ1v) is 7.29. The smallest absolute Gasteiger partial charge is 0.338 e. The standard InChI is InChI=1S/C16H23FO4/c1-4-6-11(3)21-13(5-2)10-20-16(19)12-7-8-15(18)14(17)9-12/h7-9,11,13,18H,4-6,10H2,1-3H3/t11?,13-/m0/s1. The maximum absolute atomic E-state index is 13.2. The van der Waals surface area contributed by atoms with Gasteiger partial charge in [-0.05, 0) is 38.0 Å². The Morgan fingerprint density at radius 2 is 2.10 bits per heavy atom. The lowest BCUT2D eigenvalue weighted by Gasteiger charge is -2.21. The zero-order valence-electron chi connectivity index (χ0n) is 12.8. The Kier molecular flexibility index (Phi) is 7.15. The van der Waals surface area contributed by atoms with Gasteiger partial charge in [-0.15, -0.1) is 0 Å². The van der Waals surface area contributed by atoms with Crippen molar-refractivity contribution in [1.82, 2.24) is 0 Å². The van der Waals surface area contributed by atoms with Gasteiger partial charge >= 0.3 is 5.97 Å². The van der Waals surface area contributed by atoms with Gasteiger partial charge in [0.1, 0.15) is 6.61 Å². The molecular weight excluding hydrogens is 275 g/mol. The number of carbonyl (C=O) groups is 1. The summed E-state index contributed by atoms with van der Waals surface area (Å²) < 4.78 is 24.1. The van der Waals surface area contributed by atoms with E-state index in [0.29, 0.717) is 0 Å². The van der Waals surface area contributed by atoms with E-state index in [1.807, 2.05) is 13.8 Å². The minimum Gasteiger partial charge on any atom is -0.505 e. The normalized spacial score (nSPS) is 13.7. The number of phenols is 1. The van der Waals surface area contributed by atoms with Gasteiger partial charge in [-0.2, -0.15) is 0 Å². The van der Waals surface area contributed by atoms with E-state index in [1.54, 1.807) is 0 Å². The van der Waals surface area contributed by atoms with Crippen LogP contribution in [0.1, 0.15) is 50.4 Å². The predicted molar refractivity (Wildman–Crippen MR) is 77.9 cm³/mol. The number of hydrogen-bond donors (Lipinski definition) is 1. The van der Waals surface area contributed by atoms with Crippen LogP contribution in [0.5, 0.6) is 5.75 Å². The molecule has 21 heavy (non-hydrogen) atoms. The molecule has 0 aliphatic carbocycles. The maximum Gasteiger partial charge on any atom is 0.338 e. The molecule has 1 rings (SSSR count). The number of benzene rings is 1. The maximum atomic E-state index is 13.2. The van der Waals surface area contributed by atoms with Crippen LogP contribution in [0.25, 0.3) is 0 Å². The van der Waals surface area contributed by atoms with Crippen LogP contribution in [-0.4, -0.2) is 29.9 Å². The SMILES string of the molecule is CCCC(C)O[C@@H](CC)COC(=O)c1ccc(O)c(F)c1. The van der Waals surface area contributed by atoms with Crippen LogP contribution in [0.15, 0.2) is 18.2 Å². The molecule has 1 aromatic carbocycles. The summed E-state index contributed by atoms with van der Waals surface area (Å²) >= 11 is 0. The molecule has 0 saturated heterocycles. The summed E-state index contributed by atoms with van der Waals surface area (Å²) in [5, 5.41) is 9.08. The van der Waals surface area contributed by atoms with Gasteiger partial charge in [-0.3, -0.25) is 0 Å². The highest BCUT2D eigenvalue weighted by Gasteiger charge is 2.16. The molecule has 0 fully saturated rings. The summed E-state index contributed by atoms with van der Waals surface area (Å²) in [5.41, 5.74) is 0.0711. The van der Waals surface area contributed by atoms with E-state index in [-0.39, 0.29) is 24.4 Å². The molecule has 1 N–H and O–H groups in total. The highest BCUT2D eigenvalue weighted by Crippen LogP contribution is 2.17.